The van der Waals surface area contributed by atoms with E-state index in [1.165, 1.54) is 0 Å². The monoisotopic (exact) mass is 247 g/mol. The largest absolute Gasteiger partial charge is 0.394 e. The number of alkyl halides is 1. The molecule has 0 aromatic carbocycles. The summed E-state index contributed by atoms with van der Waals surface area (Å²) in [5.41, 5.74) is 4.29. The van der Waals surface area contributed by atoms with Gasteiger partial charge < -0.3 is 15.6 Å². The molecule has 1 aromatic heterocycles. The third-order valence-corrected chi connectivity index (χ3v) is 2.59. The van der Waals surface area contributed by atoms with Crippen LogP contribution < -0.4 is 11.4 Å². The lowest BCUT2D eigenvalue weighted by atomic mass is 10.2. The number of nitrogens with two attached hydrogens (primary N) is 1. The molecule has 0 bridgehead atoms. The highest BCUT2D eigenvalue weighted by Crippen LogP contribution is 2.29. The summed E-state index contributed by atoms with van der Waals surface area (Å²) in [6.45, 7) is -0.503. The van der Waals surface area contributed by atoms with Gasteiger partial charge in [-0.15, -0.1) is 0 Å². The van der Waals surface area contributed by atoms with Crippen molar-refractivity contribution in [3.8, 4) is 0 Å². The molecular weight excluding hydrogens is 236 g/mol. The smallest absolute Gasteiger partial charge is 0.351 e. The number of rotatable bonds is 2. The summed E-state index contributed by atoms with van der Waals surface area (Å²) in [6, 6.07) is 0. The summed E-state index contributed by atoms with van der Waals surface area (Å²) >= 11 is 0. The van der Waals surface area contributed by atoms with Gasteiger partial charge in [0, 0.05) is 6.42 Å². The van der Waals surface area contributed by atoms with E-state index in [1.54, 1.807) is 0 Å². The molecule has 1 fully saturated rings. The van der Waals surface area contributed by atoms with Crippen molar-refractivity contribution in [1.82, 2.24) is 9.55 Å². The second kappa shape index (κ2) is 4.38. The lowest BCUT2D eigenvalue weighted by Crippen LogP contribution is -2.29. The predicted octanol–water partition coefficient (Wildman–Crippen LogP) is -0.418. The first-order valence-electron chi connectivity index (χ1n) is 4.97. The van der Waals surface area contributed by atoms with Gasteiger partial charge in [0.15, 0.2) is 11.6 Å². The molecule has 3 atom stereocenters. The molecule has 2 heterocycles. The van der Waals surface area contributed by atoms with Gasteiger partial charge in [-0.25, -0.2) is 13.6 Å². The van der Waals surface area contributed by atoms with E-state index in [0.717, 1.165) is 10.8 Å². The van der Waals surface area contributed by atoms with Crippen LogP contribution in [0, 0.1) is 5.82 Å². The molecule has 1 aromatic rings. The summed E-state index contributed by atoms with van der Waals surface area (Å²) in [6.07, 6.45) is -2.71. The highest BCUT2D eigenvalue weighted by atomic mass is 19.1. The Labute approximate surface area is 94.6 Å². The number of aliphatic hydroxyl groups is 1. The van der Waals surface area contributed by atoms with Crippen molar-refractivity contribution in [2.24, 2.45) is 0 Å². The number of hydrogen-bond donors (Lipinski definition) is 2. The van der Waals surface area contributed by atoms with Crippen LogP contribution in [0.5, 0.6) is 0 Å². The van der Waals surface area contributed by atoms with Crippen LogP contribution in [0.2, 0.25) is 0 Å². The van der Waals surface area contributed by atoms with Crippen LogP contribution in [-0.2, 0) is 4.74 Å². The van der Waals surface area contributed by atoms with Gasteiger partial charge in [-0.3, -0.25) is 4.57 Å². The maximum atomic E-state index is 13.3. The highest BCUT2D eigenvalue weighted by molar-refractivity contribution is 5.26. The summed E-state index contributed by atoms with van der Waals surface area (Å²) < 4.78 is 32.3. The van der Waals surface area contributed by atoms with Crippen molar-refractivity contribution < 1.29 is 18.6 Å². The van der Waals surface area contributed by atoms with Crippen LogP contribution in [0.25, 0.3) is 0 Å². The Morgan fingerprint density at radius 2 is 2.41 bits per heavy atom. The Balaban J connectivity index is 2.30. The number of aromatic nitrogens is 2. The molecule has 1 aliphatic heterocycles. The molecule has 0 spiro atoms. The van der Waals surface area contributed by atoms with Gasteiger partial charge in [0.2, 0.25) is 0 Å². The van der Waals surface area contributed by atoms with Crippen LogP contribution >= 0.6 is 0 Å². The Morgan fingerprint density at radius 3 is 3.00 bits per heavy atom. The Hall–Kier alpha value is -1.54. The maximum absolute atomic E-state index is 13.3. The van der Waals surface area contributed by atoms with Crippen LogP contribution in [0.4, 0.5) is 14.6 Å². The second-order valence-electron chi connectivity index (χ2n) is 3.73. The van der Waals surface area contributed by atoms with Crippen molar-refractivity contribution in [1.29, 1.82) is 0 Å². The molecule has 3 N–H and O–H groups in total. The molecule has 6 nitrogen and oxygen atoms in total. The predicted molar refractivity (Wildman–Crippen MR) is 53.4 cm³/mol. The Morgan fingerprint density at radius 1 is 1.71 bits per heavy atom. The summed E-state index contributed by atoms with van der Waals surface area (Å²) in [7, 11) is 0. The molecule has 0 unspecified atom stereocenters. The quantitative estimate of drug-likeness (QED) is 0.741. The average molecular weight is 247 g/mol. The normalized spacial score (nSPS) is 28.5. The van der Waals surface area contributed by atoms with E-state index in [1.807, 2.05) is 0 Å². The minimum atomic E-state index is -1.41. The zero-order valence-electron chi connectivity index (χ0n) is 8.72. The van der Waals surface area contributed by atoms with E-state index in [4.69, 9.17) is 15.6 Å². The molecule has 0 amide bonds. The van der Waals surface area contributed by atoms with Crippen molar-refractivity contribution in [2.45, 2.75) is 24.9 Å². The van der Waals surface area contributed by atoms with Crippen LogP contribution in [0.3, 0.4) is 0 Å². The van der Waals surface area contributed by atoms with E-state index in [-0.39, 0.29) is 6.42 Å². The van der Waals surface area contributed by atoms with Crippen molar-refractivity contribution >= 4 is 5.82 Å². The number of anilines is 1. The number of aliphatic hydroxyl groups excluding tert-OH is 1. The van der Waals surface area contributed by atoms with Gasteiger partial charge in [-0.2, -0.15) is 4.98 Å². The number of halogens is 2. The molecule has 0 aliphatic carbocycles. The van der Waals surface area contributed by atoms with E-state index in [2.05, 4.69) is 4.98 Å². The van der Waals surface area contributed by atoms with Gasteiger partial charge in [-0.05, 0) is 0 Å². The summed E-state index contributed by atoms with van der Waals surface area (Å²) in [4.78, 5) is 14.7. The second-order valence-corrected chi connectivity index (χ2v) is 3.73. The standard InChI is InChI=1S/C9H11F2N3O3/c10-4-1-7(17-6(4)3-15)14-2-5(11)8(12)13-9(14)16/h2,4,6-7,15H,1,3H2,(H2,12,13,16)/t4-,6+,7+/m0/s1. The van der Waals surface area contributed by atoms with E-state index < -0.39 is 42.4 Å². The first-order valence-corrected chi connectivity index (χ1v) is 4.97. The first kappa shape index (κ1) is 11.9. The van der Waals surface area contributed by atoms with E-state index in [0.29, 0.717) is 0 Å². The van der Waals surface area contributed by atoms with E-state index >= 15 is 0 Å². The van der Waals surface area contributed by atoms with Crippen molar-refractivity contribution in [3.63, 3.8) is 0 Å². The highest BCUT2D eigenvalue weighted by Gasteiger charge is 2.36. The fraction of sp³-hybridized carbons (Fsp3) is 0.556. The molecule has 17 heavy (non-hydrogen) atoms. The number of nitrogen functional groups attached to an aromatic ring is 1. The SMILES string of the molecule is Nc1nc(=O)n([C@H]2C[C@H](F)[C@@H](CO)O2)cc1F. The lowest BCUT2D eigenvalue weighted by molar-refractivity contribution is -0.0358. The van der Waals surface area contributed by atoms with Crippen molar-refractivity contribution in [3.05, 3.63) is 22.5 Å². The zero-order chi connectivity index (χ0) is 12.6. The summed E-state index contributed by atoms with van der Waals surface area (Å²) in [5.74, 6) is -1.39. The third kappa shape index (κ3) is 2.13. The molecule has 1 saturated heterocycles. The molecule has 1 aliphatic rings. The maximum Gasteiger partial charge on any atom is 0.351 e. The average Bonchev–Trinajstić information content (AvgIpc) is 2.65. The Bertz CT molecular complexity index is 479. The van der Waals surface area contributed by atoms with Gasteiger partial charge in [0.1, 0.15) is 18.5 Å². The number of nitrogens with zero attached hydrogens (tertiary/aromatic N) is 2. The van der Waals surface area contributed by atoms with Crippen LogP contribution in [-0.4, -0.2) is 33.5 Å². The number of ether oxygens (including phenoxy) is 1. The third-order valence-electron chi connectivity index (χ3n) is 2.59. The Kier molecular flexibility index (Phi) is 3.07. The minimum absolute atomic E-state index is 0.143. The molecular formula is C9H11F2N3O3. The van der Waals surface area contributed by atoms with Crippen LogP contribution in [0.15, 0.2) is 11.0 Å². The van der Waals surface area contributed by atoms with Gasteiger partial charge in [0.25, 0.3) is 0 Å². The fourth-order valence-corrected chi connectivity index (χ4v) is 1.69. The van der Waals surface area contributed by atoms with Crippen molar-refractivity contribution in [2.75, 3.05) is 12.3 Å². The van der Waals surface area contributed by atoms with Gasteiger partial charge in [0.05, 0.1) is 12.8 Å². The van der Waals surface area contributed by atoms with Gasteiger partial charge in [-0.1, -0.05) is 0 Å². The van der Waals surface area contributed by atoms with Gasteiger partial charge >= 0.3 is 5.69 Å². The molecule has 0 radical (unpaired) electrons. The minimum Gasteiger partial charge on any atom is -0.394 e. The topological polar surface area (TPSA) is 90.4 Å². The first-order chi connectivity index (χ1) is 8.02. The molecule has 8 heteroatoms. The van der Waals surface area contributed by atoms with Crippen LogP contribution in [0.1, 0.15) is 12.6 Å². The molecule has 94 valence electrons. The van der Waals surface area contributed by atoms with E-state index in [9.17, 15) is 13.6 Å². The number of hydrogen-bond acceptors (Lipinski definition) is 5. The fourth-order valence-electron chi connectivity index (χ4n) is 1.69. The molecule has 0 saturated carbocycles. The lowest BCUT2D eigenvalue weighted by Gasteiger charge is -2.14. The molecule has 2 rings (SSSR count). The summed E-state index contributed by atoms with van der Waals surface area (Å²) in [5, 5.41) is 8.81. The zero-order valence-corrected chi connectivity index (χ0v) is 8.72.